The van der Waals surface area contributed by atoms with Crippen LogP contribution in [-0.2, 0) is 9.47 Å². The first-order chi connectivity index (χ1) is 7.54. The fourth-order valence-electron chi connectivity index (χ4n) is 1.89. The number of amides is 1. The van der Waals surface area contributed by atoms with Crippen molar-refractivity contribution >= 4 is 6.09 Å². The number of hydrogen-bond donors (Lipinski definition) is 1. The minimum Gasteiger partial charge on any atom is -0.444 e. The van der Waals surface area contributed by atoms with Crippen molar-refractivity contribution in [2.45, 2.75) is 65.0 Å². The minimum absolute atomic E-state index is 0.139. The van der Waals surface area contributed by atoms with Gasteiger partial charge in [-0.1, -0.05) is 0 Å². The normalized spacial score (nSPS) is 25.8. The molecule has 1 heterocycles. The summed E-state index contributed by atoms with van der Waals surface area (Å²) in [5.41, 5.74) is 4.70. The maximum Gasteiger partial charge on any atom is 0.412 e. The van der Waals surface area contributed by atoms with Crippen LogP contribution in [0.1, 0.15) is 41.5 Å². The van der Waals surface area contributed by atoms with Crippen LogP contribution < -0.4 is 5.73 Å². The first kappa shape index (κ1) is 14.3. The Morgan fingerprint density at radius 1 is 1.53 bits per heavy atom. The van der Waals surface area contributed by atoms with Gasteiger partial charge >= 0.3 is 6.09 Å². The first-order valence-corrected chi connectivity index (χ1v) is 5.96. The highest BCUT2D eigenvalue weighted by molar-refractivity contribution is 5.69. The Balaban J connectivity index is 2.87. The van der Waals surface area contributed by atoms with Crippen LogP contribution in [0.15, 0.2) is 0 Å². The van der Waals surface area contributed by atoms with Gasteiger partial charge in [0.25, 0.3) is 0 Å². The van der Waals surface area contributed by atoms with Crippen LogP contribution in [0, 0.1) is 0 Å². The lowest BCUT2D eigenvalue weighted by Crippen LogP contribution is -2.54. The summed E-state index contributed by atoms with van der Waals surface area (Å²) < 4.78 is 11.0. The van der Waals surface area contributed by atoms with Crippen molar-refractivity contribution in [3.8, 4) is 0 Å². The molecule has 17 heavy (non-hydrogen) atoms. The molecule has 1 aliphatic heterocycles. The van der Waals surface area contributed by atoms with Crippen LogP contribution in [0.4, 0.5) is 4.79 Å². The Morgan fingerprint density at radius 3 is 2.47 bits per heavy atom. The topological polar surface area (TPSA) is 64.8 Å². The van der Waals surface area contributed by atoms with E-state index in [9.17, 15) is 4.79 Å². The smallest absolute Gasteiger partial charge is 0.412 e. The van der Waals surface area contributed by atoms with Gasteiger partial charge in [-0.3, -0.25) is 4.90 Å². The maximum absolute atomic E-state index is 12.2. The number of rotatable bonds is 1. The van der Waals surface area contributed by atoms with Crippen LogP contribution in [0.5, 0.6) is 0 Å². The van der Waals surface area contributed by atoms with Crippen molar-refractivity contribution < 1.29 is 14.3 Å². The lowest BCUT2D eigenvalue weighted by Gasteiger charge is -2.36. The summed E-state index contributed by atoms with van der Waals surface area (Å²) in [7, 11) is 0. The lowest BCUT2D eigenvalue weighted by atomic mass is 10.1. The van der Waals surface area contributed by atoms with Gasteiger partial charge in [0.15, 0.2) is 0 Å². The van der Waals surface area contributed by atoms with Gasteiger partial charge in [0.1, 0.15) is 11.3 Å². The van der Waals surface area contributed by atoms with E-state index in [0.29, 0.717) is 6.61 Å². The summed E-state index contributed by atoms with van der Waals surface area (Å²) in [4.78, 5) is 13.8. The van der Waals surface area contributed by atoms with Crippen molar-refractivity contribution in [3.63, 3.8) is 0 Å². The molecular weight excluding hydrogens is 220 g/mol. The minimum atomic E-state index is -0.666. The number of hydrogen-bond acceptors (Lipinski definition) is 4. The van der Waals surface area contributed by atoms with Crippen molar-refractivity contribution in [1.82, 2.24) is 4.90 Å². The van der Waals surface area contributed by atoms with E-state index in [0.717, 1.165) is 0 Å². The molecule has 100 valence electrons. The van der Waals surface area contributed by atoms with E-state index in [-0.39, 0.29) is 18.2 Å². The standard InChI is InChI=1S/C12H24N2O3/c1-8(13)9-7-16-12(5,6)14(9)10(15)17-11(2,3)4/h8-9H,7,13H2,1-6H3/t8-,9-/m1/s1. The Bertz CT molecular complexity index is 295. The molecule has 1 fully saturated rings. The molecule has 0 aromatic carbocycles. The van der Waals surface area contributed by atoms with Crippen LogP contribution in [0.25, 0.3) is 0 Å². The fourth-order valence-corrected chi connectivity index (χ4v) is 1.89. The number of nitrogens with two attached hydrogens (primary N) is 1. The van der Waals surface area contributed by atoms with Crippen LogP contribution >= 0.6 is 0 Å². The van der Waals surface area contributed by atoms with Crippen LogP contribution in [-0.4, -0.2) is 41.0 Å². The van der Waals surface area contributed by atoms with Crippen molar-refractivity contribution in [2.24, 2.45) is 5.73 Å². The van der Waals surface area contributed by atoms with E-state index >= 15 is 0 Å². The summed E-state index contributed by atoms with van der Waals surface area (Å²) in [6.07, 6.45) is -0.373. The van der Waals surface area contributed by atoms with E-state index in [1.807, 2.05) is 41.5 Å². The van der Waals surface area contributed by atoms with Gasteiger partial charge in [-0.05, 0) is 41.5 Å². The first-order valence-electron chi connectivity index (χ1n) is 5.96. The molecule has 1 saturated heterocycles. The molecule has 0 aromatic rings. The average Bonchev–Trinajstić information content (AvgIpc) is 2.37. The summed E-state index contributed by atoms with van der Waals surface area (Å²) >= 11 is 0. The summed E-state index contributed by atoms with van der Waals surface area (Å²) in [5.74, 6) is 0. The summed E-state index contributed by atoms with van der Waals surface area (Å²) in [5, 5.41) is 0. The highest BCUT2D eigenvalue weighted by atomic mass is 16.6. The molecule has 1 amide bonds. The zero-order valence-electron chi connectivity index (χ0n) is 11.6. The van der Waals surface area contributed by atoms with E-state index in [4.69, 9.17) is 15.2 Å². The molecule has 0 aromatic heterocycles. The molecule has 0 aliphatic carbocycles. The summed E-state index contributed by atoms with van der Waals surface area (Å²) in [6, 6.07) is -0.288. The Labute approximate surface area is 103 Å². The van der Waals surface area contributed by atoms with Gasteiger partial charge in [-0.15, -0.1) is 0 Å². The number of carbonyl (C=O) groups is 1. The molecule has 1 rings (SSSR count). The zero-order chi connectivity index (χ0) is 13.4. The molecule has 0 bridgehead atoms. The largest absolute Gasteiger partial charge is 0.444 e. The second-order valence-corrected chi connectivity index (χ2v) is 6.03. The Kier molecular flexibility index (Phi) is 3.74. The van der Waals surface area contributed by atoms with Crippen molar-refractivity contribution in [2.75, 3.05) is 6.61 Å². The number of carbonyl (C=O) groups excluding carboxylic acids is 1. The van der Waals surface area contributed by atoms with Gasteiger partial charge in [0.2, 0.25) is 0 Å². The third-order valence-corrected chi connectivity index (χ3v) is 2.72. The van der Waals surface area contributed by atoms with E-state index < -0.39 is 11.3 Å². The van der Waals surface area contributed by atoms with Gasteiger partial charge in [0, 0.05) is 6.04 Å². The summed E-state index contributed by atoms with van der Waals surface area (Å²) in [6.45, 7) is 11.5. The Hall–Kier alpha value is -0.810. The highest BCUT2D eigenvalue weighted by Gasteiger charge is 2.46. The van der Waals surface area contributed by atoms with Gasteiger partial charge in [-0.2, -0.15) is 0 Å². The molecule has 5 nitrogen and oxygen atoms in total. The molecule has 5 heteroatoms. The highest BCUT2D eigenvalue weighted by Crippen LogP contribution is 2.30. The van der Waals surface area contributed by atoms with Crippen molar-refractivity contribution in [3.05, 3.63) is 0 Å². The number of nitrogens with zero attached hydrogens (tertiary/aromatic N) is 1. The SMILES string of the molecule is C[C@@H](N)[C@H]1COC(C)(C)N1C(=O)OC(C)(C)C. The molecule has 2 N–H and O–H groups in total. The second-order valence-electron chi connectivity index (χ2n) is 6.03. The predicted molar refractivity (Wildman–Crippen MR) is 65.5 cm³/mol. The maximum atomic E-state index is 12.2. The van der Waals surface area contributed by atoms with E-state index in [1.54, 1.807) is 4.90 Å². The van der Waals surface area contributed by atoms with E-state index in [2.05, 4.69) is 0 Å². The van der Waals surface area contributed by atoms with Gasteiger partial charge in [-0.25, -0.2) is 4.79 Å². The van der Waals surface area contributed by atoms with Crippen molar-refractivity contribution in [1.29, 1.82) is 0 Å². The van der Waals surface area contributed by atoms with Crippen LogP contribution in [0.2, 0.25) is 0 Å². The predicted octanol–water partition coefficient (Wildman–Crippen LogP) is 1.71. The fraction of sp³-hybridized carbons (Fsp3) is 0.917. The molecule has 1 aliphatic rings. The van der Waals surface area contributed by atoms with Gasteiger partial charge in [0.05, 0.1) is 12.6 Å². The molecule has 0 saturated carbocycles. The monoisotopic (exact) mass is 244 g/mol. The van der Waals surface area contributed by atoms with E-state index in [1.165, 1.54) is 0 Å². The molecule has 0 radical (unpaired) electrons. The average molecular weight is 244 g/mol. The molecule has 2 atom stereocenters. The van der Waals surface area contributed by atoms with Crippen LogP contribution in [0.3, 0.4) is 0 Å². The quantitative estimate of drug-likeness (QED) is 0.762. The second kappa shape index (κ2) is 4.46. The van der Waals surface area contributed by atoms with Gasteiger partial charge < -0.3 is 15.2 Å². The molecule has 0 spiro atoms. The lowest BCUT2D eigenvalue weighted by molar-refractivity contribution is -0.0630. The zero-order valence-corrected chi connectivity index (χ0v) is 11.6. The molecular formula is C12H24N2O3. The third-order valence-electron chi connectivity index (χ3n) is 2.72. The molecule has 0 unspecified atom stereocenters. The Morgan fingerprint density at radius 2 is 2.06 bits per heavy atom. The number of ether oxygens (including phenoxy) is 2. The third kappa shape index (κ3) is 3.33.